The number of rotatable bonds is 17. The van der Waals surface area contributed by atoms with Crippen molar-refractivity contribution in [1.29, 1.82) is 0 Å². The third-order valence-corrected chi connectivity index (χ3v) is 7.82. The van der Waals surface area contributed by atoms with Crippen LogP contribution in [-0.4, -0.2) is 58.7 Å². The Morgan fingerprint density at radius 2 is 1.70 bits per heavy atom. The van der Waals surface area contributed by atoms with E-state index in [-0.39, 0.29) is 45.1 Å². The van der Waals surface area contributed by atoms with E-state index in [2.05, 4.69) is 10.3 Å². The highest BCUT2D eigenvalue weighted by Gasteiger charge is 2.16. The van der Waals surface area contributed by atoms with Crippen molar-refractivity contribution in [3.05, 3.63) is 105 Å². The Balaban J connectivity index is 1.56. The van der Waals surface area contributed by atoms with Gasteiger partial charge in [0.05, 0.1) is 34.9 Å². The minimum absolute atomic E-state index is 0.0345. The molecular formula is C34H37Cl2N3O7. The van der Waals surface area contributed by atoms with Crippen LogP contribution in [-0.2, 0) is 19.8 Å². The Labute approximate surface area is 277 Å². The summed E-state index contributed by atoms with van der Waals surface area (Å²) in [5, 5.41) is 31.9. The molecule has 3 aromatic carbocycles. The first-order valence-electron chi connectivity index (χ1n) is 14.6. The van der Waals surface area contributed by atoms with Crippen molar-refractivity contribution in [2.24, 2.45) is 5.73 Å². The quantitative estimate of drug-likeness (QED) is 0.0994. The van der Waals surface area contributed by atoms with Gasteiger partial charge in [0.1, 0.15) is 30.5 Å². The van der Waals surface area contributed by atoms with Crippen LogP contribution in [0.5, 0.6) is 17.2 Å². The van der Waals surface area contributed by atoms with E-state index in [9.17, 15) is 9.90 Å². The smallest absolute Gasteiger partial charge is 0.250 e. The highest BCUT2D eigenvalue weighted by Crippen LogP contribution is 2.38. The highest BCUT2D eigenvalue weighted by atomic mass is 35.5. The minimum Gasteiger partial charge on any atom is -0.492 e. The van der Waals surface area contributed by atoms with Crippen LogP contribution in [0.15, 0.2) is 67.0 Å². The van der Waals surface area contributed by atoms with Crippen molar-refractivity contribution < 1.29 is 34.3 Å². The van der Waals surface area contributed by atoms with Crippen LogP contribution < -0.4 is 25.3 Å². The summed E-state index contributed by atoms with van der Waals surface area (Å²) in [7, 11) is 0. The van der Waals surface area contributed by atoms with Gasteiger partial charge in [-0.3, -0.25) is 9.78 Å². The van der Waals surface area contributed by atoms with Gasteiger partial charge in [-0.2, -0.15) is 0 Å². The molecule has 4 rings (SSSR count). The second kappa shape index (κ2) is 17.1. The molecule has 1 aromatic heterocycles. The summed E-state index contributed by atoms with van der Waals surface area (Å²) in [6.07, 6.45) is 2.55. The van der Waals surface area contributed by atoms with Crippen molar-refractivity contribution in [1.82, 2.24) is 10.3 Å². The molecule has 0 unspecified atom stereocenters. The van der Waals surface area contributed by atoms with Crippen LogP contribution in [0.2, 0.25) is 10.0 Å². The lowest BCUT2D eigenvalue weighted by Gasteiger charge is -2.18. The van der Waals surface area contributed by atoms with Gasteiger partial charge >= 0.3 is 0 Å². The lowest BCUT2D eigenvalue weighted by molar-refractivity contribution is 0.0941. The molecule has 0 aliphatic rings. The largest absolute Gasteiger partial charge is 0.492 e. The summed E-state index contributed by atoms with van der Waals surface area (Å²) in [5.41, 5.74) is 10.6. The lowest BCUT2D eigenvalue weighted by atomic mass is 9.96. The van der Waals surface area contributed by atoms with Crippen LogP contribution in [0.3, 0.4) is 0 Å². The molecule has 0 saturated carbocycles. The van der Waals surface area contributed by atoms with Gasteiger partial charge in [0.15, 0.2) is 0 Å². The first-order valence-corrected chi connectivity index (χ1v) is 15.4. The SMILES string of the molecule is Cc1c(COc2cc(OCc3cncc(C(N)=O)c3)c(CNC[C@H](O)CO)cc2Cl)cccc1-c1cccc(OCCCO)c1Cl. The monoisotopic (exact) mass is 669 g/mol. The molecule has 46 heavy (non-hydrogen) atoms. The number of hydrogen-bond donors (Lipinski definition) is 5. The molecule has 0 bridgehead atoms. The normalized spacial score (nSPS) is 11.7. The van der Waals surface area contributed by atoms with Crippen molar-refractivity contribution in [3.63, 3.8) is 0 Å². The van der Waals surface area contributed by atoms with E-state index < -0.39 is 12.0 Å². The van der Waals surface area contributed by atoms with E-state index in [0.29, 0.717) is 51.4 Å². The van der Waals surface area contributed by atoms with Gasteiger partial charge in [0.25, 0.3) is 0 Å². The molecule has 0 saturated heterocycles. The zero-order valence-corrected chi connectivity index (χ0v) is 26.9. The molecule has 1 amide bonds. The molecule has 0 spiro atoms. The van der Waals surface area contributed by atoms with Gasteiger partial charge < -0.3 is 40.6 Å². The Hall–Kier alpha value is -3.90. The van der Waals surface area contributed by atoms with Crippen LogP contribution in [0, 0.1) is 6.92 Å². The zero-order valence-electron chi connectivity index (χ0n) is 25.3. The van der Waals surface area contributed by atoms with E-state index in [1.54, 1.807) is 30.5 Å². The van der Waals surface area contributed by atoms with E-state index >= 15 is 0 Å². The summed E-state index contributed by atoms with van der Waals surface area (Å²) < 4.78 is 18.1. The van der Waals surface area contributed by atoms with Crippen LogP contribution in [0.25, 0.3) is 11.1 Å². The third kappa shape index (κ3) is 9.32. The Morgan fingerprint density at radius 3 is 2.46 bits per heavy atom. The van der Waals surface area contributed by atoms with Gasteiger partial charge in [0.2, 0.25) is 5.91 Å². The number of primary amides is 1. The van der Waals surface area contributed by atoms with E-state index in [1.807, 2.05) is 37.3 Å². The molecule has 4 aromatic rings. The number of aromatic nitrogens is 1. The topological polar surface area (TPSA) is 156 Å². The predicted molar refractivity (Wildman–Crippen MR) is 176 cm³/mol. The Kier molecular flexibility index (Phi) is 13.0. The van der Waals surface area contributed by atoms with Crippen molar-refractivity contribution in [3.8, 4) is 28.4 Å². The number of nitrogens with two attached hydrogens (primary N) is 1. The molecule has 0 aliphatic heterocycles. The number of carbonyl (C=O) groups excluding carboxylic acids is 1. The molecular weight excluding hydrogens is 633 g/mol. The molecule has 6 N–H and O–H groups in total. The summed E-state index contributed by atoms with van der Waals surface area (Å²) in [5.74, 6) is 0.808. The van der Waals surface area contributed by atoms with Gasteiger partial charge in [-0.15, -0.1) is 0 Å². The van der Waals surface area contributed by atoms with Crippen molar-refractivity contribution in [2.45, 2.75) is 39.2 Å². The number of benzene rings is 3. The summed E-state index contributed by atoms with van der Waals surface area (Å²) >= 11 is 13.4. The number of nitrogens with one attached hydrogen (secondary N) is 1. The minimum atomic E-state index is -0.916. The average Bonchev–Trinajstić information content (AvgIpc) is 3.05. The molecule has 0 radical (unpaired) electrons. The number of hydrogen-bond acceptors (Lipinski definition) is 9. The molecule has 0 aliphatic carbocycles. The standard InChI is InChI=1S/C34H37Cl2N3O7/c1-21-23(5-2-6-27(21)28-7-3-8-30(33(28)36)44-10-4-9-40)20-46-32-13-31(24(12-29(32)35)15-39-17-26(42)18-41)45-19-22-11-25(34(37)43)16-38-14-22/h2-3,5-8,11-14,16,26,39-42H,4,9-10,15,17-20H2,1H3,(H2,37,43)/t26-/m0/s1. The second-order valence-electron chi connectivity index (χ2n) is 10.5. The molecule has 12 heteroatoms. The van der Waals surface area contributed by atoms with Gasteiger partial charge in [-0.1, -0.05) is 53.5 Å². The molecule has 1 heterocycles. The molecule has 244 valence electrons. The maximum atomic E-state index is 11.6. The van der Waals surface area contributed by atoms with E-state index in [1.165, 1.54) is 6.20 Å². The number of ether oxygens (including phenoxy) is 3. The lowest BCUT2D eigenvalue weighted by Crippen LogP contribution is -2.29. The van der Waals surface area contributed by atoms with Gasteiger partial charge in [0, 0.05) is 61.3 Å². The van der Waals surface area contributed by atoms with Crippen LogP contribution >= 0.6 is 23.2 Å². The summed E-state index contributed by atoms with van der Waals surface area (Å²) in [6, 6.07) is 16.5. The number of pyridine rings is 1. The molecule has 10 nitrogen and oxygen atoms in total. The summed E-state index contributed by atoms with van der Waals surface area (Å²) in [4.78, 5) is 15.7. The first-order chi connectivity index (χ1) is 22.2. The number of aliphatic hydroxyl groups is 3. The number of amides is 1. The fourth-order valence-electron chi connectivity index (χ4n) is 4.62. The fourth-order valence-corrected chi connectivity index (χ4v) is 5.15. The fraction of sp³-hybridized carbons (Fsp3) is 0.294. The van der Waals surface area contributed by atoms with Crippen molar-refractivity contribution >= 4 is 29.1 Å². The van der Waals surface area contributed by atoms with Crippen LogP contribution in [0.1, 0.15) is 39.0 Å². The van der Waals surface area contributed by atoms with Crippen LogP contribution in [0.4, 0.5) is 0 Å². The van der Waals surface area contributed by atoms with Gasteiger partial charge in [-0.05, 0) is 41.8 Å². The number of carbonyl (C=O) groups is 1. The number of aliphatic hydroxyl groups excluding tert-OH is 3. The zero-order chi connectivity index (χ0) is 33.1. The second-order valence-corrected chi connectivity index (χ2v) is 11.3. The average molecular weight is 671 g/mol. The Bertz CT molecular complexity index is 1640. The Morgan fingerprint density at radius 1 is 0.935 bits per heavy atom. The number of nitrogens with zero attached hydrogens (tertiary/aromatic N) is 1. The first kappa shape index (κ1) is 35.0. The molecule has 0 fully saturated rings. The highest BCUT2D eigenvalue weighted by molar-refractivity contribution is 6.35. The van der Waals surface area contributed by atoms with Gasteiger partial charge in [-0.25, -0.2) is 0 Å². The summed E-state index contributed by atoms with van der Waals surface area (Å²) in [6.45, 7) is 2.75. The predicted octanol–water partition coefficient (Wildman–Crippen LogP) is 4.82. The number of halogens is 2. The van der Waals surface area contributed by atoms with E-state index in [4.69, 9.17) is 53.4 Å². The third-order valence-electron chi connectivity index (χ3n) is 7.14. The maximum absolute atomic E-state index is 11.6. The maximum Gasteiger partial charge on any atom is 0.250 e. The molecule has 1 atom stereocenters. The van der Waals surface area contributed by atoms with Crippen molar-refractivity contribution in [2.75, 3.05) is 26.4 Å². The van der Waals surface area contributed by atoms with E-state index in [0.717, 1.165) is 22.3 Å².